The Hall–Kier alpha value is -2.76. The zero-order valence-corrected chi connectivity index (χ0v) is 18.2. The highest BCUT2D eigenvalue weighted by atomic mass is 16.7. The monoisotopic (exact) mass is 464 g/mol. The zero-order valence-electron chi connectivity index (χ0n) is 18.2. The standard InChI is InChI=1S/C23H28O10/c1-29-12-8-16-13(4-6-15(31-16)11-3-5-14(25)18(7-11)30-2)17(9-12)32-23-22(28)21(27)20(26)19(10-24)33-23/h3,5,7-9,15,19-28H,4,6,10H2,1-2H3/t15-,19-,20-,21+,22-,23-/m1/s1. The molecule has 1 saturated heterocycles. The lowest BCUT2D eigenvalue weighted by molar-refractivity contribution is -0.277. The van der Waals surface area contributed by atoms with E-state index in [-0.39, 0.29) is 11.9 Å². The molecule has 180 valence electrons. The van der Waals surface area contributed by atoms with Gasteiger partial charge in [0.2, 0.25) is 6.29 Å². The summed E-state index contributed by atoms with van der Waals surface area (Å²) in [6, 6.07) is 8.37. The number of phenols is 1. The van der Waals surface area contributed by atoms with Crippen LogP contribution in [0, 0.1) is 0 Å². The van der Waals surface area contributed by atoms with E-state index < -0.39 is 37.3 Å². The molecule has 0 saturated carbocycles. The van der Waals surface area contributed by atoms with E-state index in [2.05, 4.69) is 0 Å². The number of aliphatic hydroxyl groups is 4. The lowest BCUT2D eigenvalue weighted by Crippen LogP contribution is -2.60. The van der Waals surface area contributed by atoms with Gasteiger partial charge in [-0.15, -0.1) is 0 Å². The second-order valence-corrected chi connectivity index (χ2v) is 7.99. The van der Waals surface area contributed by atoms with Gasteiger partial charge in [0.05, 0.1) is 20.8 Å². The summed E-state index contributed by atoms with van der Waals surface area (Å²) in [6.07, 6.45) is -6.12. The van der Waals surface area contributed by atoms with Gasteiger partial charge in [-0.05, 0) is 30.5 Å². The Morgan fingerprint density at radius 1 is 0.970 bits per heavy atom. The van der Waals surface area contributed by atoms with Crippen LogP contribution in [-0.4, -0.2) is 77.1 Å². The van der Waals surface area contributed by atoms with Gasteiger partial charge in [0, 0.05) is 17.7 Å². The molecule has 2 aromatic carbocycles. The fourth-order valence-electron chi connectivity index (χ4n) is 4.08. The van der Waals surface area contributed by atoms with E-state index in [1.165, 1.54) is 14.2 Å². The molecule has 4 rings (SSSR count). The fraction of sp³-hybridized carbons (Fsp3) is 0.478. The van der Waals surface area contributed by atoms with Crippen LogP contribution in [-0.2, 0) is 11.2 Å². The summed E-state index contributed by atoms with van der Waals surface area (Å²) >= 11 is 0. The largest absolute Gasteiger partial charge is 0.504 e. The molecule has 6 atom stereocenters. The minimum atomic E-state index is -1.55. The third kappa shape index (κ3) is 4.53. The van der Waals surface area contributed by atoms with E-state index in [1.807, 2.05) is 0 Å². The summed E-state index contributed by atoms with van der Waals surface area (Å²) in [7, 11) is 2.97. The first kappa shape index (κ1) is 23.4. The highest BCUT2D eigenvalue weighted by Crippen LogP contribution is 2.44. The molecule has 0 spiro atoms. The minimum Gasteiger partial charge on any atom is -0.504 e. The maximum Gasteiger partial charge on any atom is 0.229 e. The number of aromatic hydroxyl groups is 1. The quantitative estimate of drug-likeness (QED) is 0.413. The second-order valence-electron chi connectivity index (χ2n) is 7.99. The third-order valence-electron chi connectivity index (χ3n) is 5.97. The van der Waals surface area contributed by atoms with E-state index in [0.29, 0.717) is 35.8 Å². The van der Waals surface area contributed by atoms with Crippen LogP contribution in [0.5, 0.6) is 28.7 Å². The molecule has 2 aliphatic heterocycles. The highest BCUT2D eigenvalue weighted by molar-refractivity contribution is 5.52. The summed E-state index contributed by atoms with van der Waals surface area (Å²) in [5, 5.41) is 49.7. The second kappa shape index (κ2) is 9.62. The van der Waals surface area contributed by atoms with E-state index in [0.717, 1.165) is 11.1 Å². The lowest BCUT2D eigenvalue weighted by Gasteiger charge is -2.40. The molecule has 0 bridgehead atoms. The molecule has 1 fully saturated rings. The summed E-state index contributed by atoms with van der Waals surface area (Å²) < 4.78 is 28.1. The molecule has 2 aliphatic rings. The number of methoxy groups -OCH3 is 2. The number of ether oxygens (including phenoxy) is 5. The van der Waals surface area contributed by atoms with Crippen molar-refractivity contribution in [3.8, 4) is 28.7 Å². The molecular weight excluding hydrogens is 436 g/mol. The van der Waals surface area contributed by atoms with Crippen molar-refractivity contribution in [2.75, 3.05) is 20.8 Å². The Labute approximate surface area is 190 Å². The normalized spacial score (nSPS) is 29.0. The Balaban J connectivity index is 1.61. The SMILES string of the molecule is COc1cc(O[C@@H]2O[C@H](CO)[C@@H](O)[C@H](O)[C@H]2O)c2c(c1)O[C@@H](c1ccc(O)c(OC)c1)CC2. The number of fused-ring (bicyclic) bond motifs is 1. The molecule has 10 heteroatoms. The Bertz CT molecular complexity index is 978. The van der Waals surface area contributed by atoms with E-state index >= 15 is 0 Å². The van der Waals surface area contributed by atoms with Crippen molar-refractivity contribution in [3.63, 3.8) is 0 Å². The van der Waals surface area contributed by atoms with Gasteiger partial charge in [0.15, 0.2) is 11.5 Å². The van der Waals surface area contributed by atoms with Crippen molar-refractivity contribution in [2.45, 2.75) is 49.7 Å². The summed E-state index contributed by atoms with van der Waals surface area (Å²) in [5.74, 6) is 1.67. The summed E-state index contributed by atoms with van der Waals surface area (Å²) in [5.41, 5.74) is 1.55. The predicted molar refractivity (Wildman–Crippen MR) is 114 cm³/mol. The van der Waals surface area contributed by atoms with E-state index in [1.54, 1.807) is 30.3 Å². The summed E-state index contributed by atoms with van der Waals surface area (Å²) in [4.78, 5) is 0. The molecule has 10 nitrogen and oxygen atoms in total. The van der Waals surface area contributed by atoms with E-state index in [9.17, 15) is 25.5 Å². The molecule has 2 heterocycles. The van der Waals surface area contributed by atoms with Gasteiger partial charge in [-0.3, -0.25) is 0 Å². The number of hydrogen-bond acceptors (Lipinski definition) is 10. The van der Waals surface area contributed by atoms with Crippen LogP contribution in [0.1, 0.15) is 23.7 Å². The van der Waals surface area contributed by atoms with Crippen molar-refractivity contribution in [3.05, 3.63) is 41.5 Å². The average molecular weight is 464 g/mol. The third-order valence-corrected chi connectivity index (χ3v) is 5.97. The van der Waals surface area contributed by atoms with Crippen LogP contribution < -0.4 is 18.9 Å². The van der Waals surface area contributed by atoms with Crippen molar-refractivity contribution < 1.29 is 49.2 Å². The van der Waals surface area contributed by atoms with E-state index in [4.69, 9.17) is 23.7 Å². The van der Waals surface area contributed by atoms with Gasteiger partial charge < -0.3 is 49.2 Å². The molecule has 33 heavy (non-hydrogen) atoms. The molecule has 0 aliphatic carbocycles. The Kier molecular flexibility index (Phi) is 6.82. The number of aliphatic hydroxyl groups excluding tert-OH is 4. The number of hydrogen-bond donors (Lipinski definition) is 5. The molecule has 0 amide bonds. The van der Waals surface area contributed by atoms with Gasteiger partial charge in [0.25, 0.3) is 0 Å². The fourth-order valence-corrected chi connectivity index (χ4v) is 4.08. The predicted octanol–water partition coefficient (Wildman–Crippen LogP) is 0.654. The molecule has 0 aromatic heterocycles. The smallest absolute Gasteiger partial charge is 0.229 e. The average Bonchev–Trinajstić information content (AvgIpc) is 2.84. The van der Waals surface area contributed by atoms with Gasteiger partial charge in [-0.1, -0.05) is 6.07 Å². The first-order valence-corrected chi connectivity index (χ1v) is 10.6. The van der Waals surface area contributed by atoms with Crippen LogP contribution in [0.3, 0.4) is 0 Å². The Morgan fingerprint density at radius 3 is 2.45 bits per heavy atom. The number of rotatable bonds is 6. The first-order valence-electron chi connectivity index (χ1n) is 10.6. The maximum absolute atomic E-state index is 10.3. The molecule has 0 radical (unpaired) electrons. The number of benzene rings is 2. The van der Waals surface area contributed by atoms with Crippen LogP contribution >= 0.6 is 0 Å². The lowest BCUT2D eigenvalue weighted by atomic mass is 9.96. The topological polar surface area (TPSA) is 147 Å². The zero-order chi connectivity index (χ0) is 23.7. The highest BCUT2D eigenvalue weighted by Gasteiger charge is 2.45. The van der Waals surface area contributed by atoms with Gasteiger partial charge >= 0.3 is 0 Å². The minimum absolute atomic E-state index is 0.0364. The molecule has 2 aromatic rings. The van der Waals surface area contributed by atoms with Crippen LogP contribution in [0.2, 0.25) is 0 Å². The van der Waals surface area contributed by atoms with Gasteiger partial charge in [-0.25, -0.2) is 0 Å². The molecular formula is C23H28O10. The van der Waals surface area contributed by atoms with Crippen molar-refractivity contribution >= 4 is 0 Å². The molecule has 0 unspecified atom stereocenters. The first-order chi connectivity index (χ1) is 15.9. The van der Waals surface area contributed by atoms with Gasteiger partial charge in [-0.2, -0.15) is 0 Å². The van der Waals surface area contributed by atoms with Crippen molar-refractivity contribution in [1.82, 2.24) is 0 Å². The van der Waals surface area contributed by atoms with Crippen LogP contribution in [0.15, 0.2) is 30.3 Å². The van der Waals surface area contributed by atoms with Crippen molar-refractivity contribution in [2.24, 2.45) is 0 Å². The van der Waals surface area contributed by atoms with Crippen LogP contribution in [0.25, 0.3) is 0 Å². The molecule has 5 N–H and O–H groups in total. The summed E-state index contributed by atoms with van der Waals surface area (Å²) in [6.45, 7) is -0.554. The van der Waals surface area contributed by atoms with Gasteiger partial charge in [0.1, 0.15) is 47.8 Å². The van der Waals surface area contributed by atoms with Crippen molar-refractivity contribution in [1.29, 1.82) is 0 Å². The van der Waals surface area contributed by atoms with Crippen LogP contribution in [0.4, 0.5) is 0 Å². The Morgan fingerprint density at radius 2 is 1.76 bits per heavy atom. The maximum atomic E-state index is 10.3. The number of phenolic OH excluding ortho intramolecular Hbond substituents is 1.